The smallest absolute Gasteiger partial charge is 0.338 e. The lowest BCUT2D eigenvalue weighted by Gasteiger charge is -2.13. The van der Waals surface area contributed by atoms with E-state index in [1.807, 2.05) is 0 Å². The van der Waals surface area contributed by atoms with Crippen molar-refractivity contribution in [1.29, 1.82) is 0 Å². The third kappa shape index (κ3) is 4.53. The summed E-state index contributed by atoms with van der Waals surface area (Å²) in [6, 6.07) is 7.25. The first kappa shape index (κ1) is 18.4. The van der Waals surface area contributed by atoms with Crippen LogP contribution < -0.4 is 10.1 Å². The molecule has 0 fully saturated rings. The number of carbonyl (C=O) groups excluding carboxylic acids is 2. The highest BCUT2D eigenvalue weighted by atomic mass is 19.2. The lowest BCUT2D eigenvalue weighted by molar-refractivity contribution is 0.0526. The van der Waals surface area contributed by atoms with Crippen molar-refractivity contribution < 1.29 is 27.8 Å². The number of ether oxygens (including phenoxy) is 2. The van der Waals surface area contributed by atoms with E-state index in [0.29, 0.717) is 12.3 Å². The van der Waals surface area contributed by atoms with E-state index in [1.165, 1.54) is 24.3 Å². The van der Waals surface area contributed by atoms with Gasteiger partial charge in [-0.3, -0.25) is 4.79 Å². The second kappa shape index (κ2) is 8.23. The maximum Gasteiger partial charge on any atom is 0.338 e. The zero-order chi connectivity index (χ0) is 18.4. The van der Waals surface area contributed by atoms with E-state index in [9.17, 15) is 18.4 Å². The third-order valence-corrected chi connectivity index (χ3v) is 3.22. The lowest BCUT2D eigenvalue weighted by Crippen LogP contribution is -2.14. The second-order valence-electron chi connectivity index (χ2n) is 4.95. The van der Waals surface area contributed by atoms with Crippen LogP contribution in [0.3, 0.4) is 0 Å². The van der Waals surface area contributed by atoms with E-state index in [-0.39, 0.29) is 23.5 Å². The summed E-state index contributed by atoms with van der Waals surface area (Å²) < 4.78 is 36.6. The minimum absolute atomic E-state index is 0.0455. The van der Waals surface area contributed by atoms with E-state index < -0.39 is 23.5 Å². The molecule has 2 aromatic carbocycles. The first-order valence-corrected chi connectivity index (χ1v) is 7.66. The monoisotopic (exact) mass is 349 g/mol. The van der Waals surface area contributed by atoms with Crippen molar-refractivity contribution in [3.8, 4) is 5.75 Å². The number of benzene rings is 2. The van der Waals surface area contributed by atoms with Gasteiger partial charge in [0.05, 0.1) is 24.5 Å². The van der Waals surface area contributed by atoms with Crippen LogP contribution >= 0.6 is 0 Å². The molecule has 0 radical (unpaired) electrons. The predicted octanol–water partition coefficient (Wildman–Crippen LogP) is 3.79. The molecule has 0 saturated heterocycles. The van der Waals surface area contributed by atoms with Gasteiger partial charge in [-0.15, -0.1) is 0 Å². The molecule has 132 valence electrons. The summed E-state index contributed by atoms with van der Waals surface area (Å²) in [4.78, 5) is 24.0. The van der Waals surface area contributed by atoms with Gasteiger partial charge in [0.25, 0.3) is 5.91 Å². The number of carbonyl (C=O) groups is 2. The van der Waals surface area contributed by atoms with Crippen molar-refractivity contribution >= 4 is 17.6 Å². The molecule has 2 aromatic rings. The minimum atomic E-state index is -1.12. The number of anilines is 1. The molecule has 0 aliphatic carbocycles. The van der Waals surface area contributed by atoms with Gasteiger partial charge >= 0.3 is 5.97 Å². The van der Waals surface area contributed by atoms with Crippen LogP contribution in [0, 0.1) is 11.6 Å². The summed E-state index contributed by atoms with van der Waals surface area (Å²) in [5, 5.41) is 2.55. The van der Waals surface area contributed by atoms with Gasteiger partial charge in [-0.2, -0.15) is 0 Å². The van der Waals surface area contributed by atoms with Crippen LogP contribution in [0.2, 0.25) is 0 Å². The highest BCUT2D eigenvalue weighted by Gasteiger charge is 2.15. The van der Waals surface area contributed by atoms with Gasteiger partial charge < -0.3 is 14.8 Å². The molecule has 0 atom stereocenters. The fourth-order valence-corrected chi connectivity index (χ4v) is 2.07. The highest BCUT2D eigenvalue weighted by molar-refractivity contribution is 6.05. The highest BCUT2D eigenvalue weighted by Crippen LogP contribution is 2.27. The molecule has 1 N–H and O–H groups in total. The first-order valence-electron chi connectivity index (χ1n) is 7.66. The molecule has 0 unspecified atom stereocenters. The van der Waals surface area contributed by atoms with Gasteiger partial charge in [0.2, 0.25) is 0 Å². The Morgan fingerprint density at radius 2 is 1.68 bits per heavy atom. The van der Waals surface area contributed by atoms with E-state index in [4.69, 9.17) is 9.47 Å². The van der Waals surface area contributed by atoms with Crippen molar-refractivity contribution in [3.05, 3.63) is 59.2 Å². The Labute approximate surface area is 143 Å². The minimum Gasteiger partial charge on any atom is -0.492 e. The van der Waals surface area contributed by atoms with Gasteiger partial charge in [-0.25, -0.2) is 13.6 Å². The number of halogens is 2. The van der Waals surface area contributed by atoms with Gasteiger partial charge in [-0.1, -0.05) is 0 Å². The topological polar surface area (TPSA) is 64.6 Å². The van der Waals surface area contributed by atoms with Crippen LogP contribution in [0.1, 0.15) is 34.6 Å². The fraction of sp³-hybridized carbons (Fsp3) is 0.222. The molecule has 0 heterocycles. The van der Waals surface area contributed by atoms with Crippen molar-refractivity contribution in [2.45, 2.75) is 13.8 Å². The molecule has 0 aliphatic heterocycles. The summed E-state index contributed by atoms with van der Waals surface area (Å²) in [6.07, 6.45) is 0. The SMILES string of the molecule is CCOC(=O)c1ccc(NC(=O)c2ccc(F)c(F)c2)c(OCC)c1. The molecule has 0 aliphatic rings. The van der Waals surface area contributed by atoms with Crippen molar-refractivity contribution in [3.63, 3.8) is 0 Å². The zero-order valence-corrected chi connectivity index (χ0v) is 13.8. The number of esters is 1. The van der Waals surface area contributed by atoms with Crippen LogP contribution in [-0.2, 0) is 4.74 Å². The van der Waals surface area contributed by atoms with Gasteiger partial charge in [-0.05, 0) is 50.2 Å². The Kier molecular flexibility index (Phi) is 6.05. The number of nitrogens with one attached hydrogen (secondary N) is 1. The maximum absolute atomic E-state index is 13.3. The molecule has 0 aromatic heterocycles. The van der Waals surface area contributed by atoms with Crippen LogP contribution in [0.15, 0.2) is 36.4 Å². The van der Waals surface area contributed by atoms with E-state index in [2.05, 4.69) is 5.32 Å². The third-order valence-electron chi connectivity index (χ3n) is 3.22. The summed E-state index contributed by atoms with van der Waals surface area (Å²) in [5.41, 5.74) is 0.525. The van der Waals surface area contributed by atoms with Crippen molar-refractivity contribution in [2.75, 3.05) is 18.5 Å². The quantitative estimate of drug-likeness (QED) is 0.806. The predicted molar refractivity (Wildman–Crippen MR) is 87.9 cm³/mol. The Morgan fingerprint density at radius 1 is 0.960 bits per heavy atom. The van der Waals surface area contributed by atoms with Crippen LogP contribution in [0.25, 0.3) is 0 Å². The molecule has 1 amide bonds. The molecule has 0 bridgehead atoms. The maximum atomic E-state index is 13.3. The summed E-state index contributed by atoms with van der Waals surface area (Å²) in [5.74, 6) is -3.03. The van der Waals surface area contributed by atoms with E-state index >= 15 is 0 Å². The van der Waals surface area contributed by atoms with Crippen molar-refractivity contribution in [1.82, 2.24) is 0 Å². The van der Waals surface area contributed by atoms with E-state index in [0.717, 1.165) is 12.1 Å². The summed E-state index contributed by atoms with van der Waals surface area (Å²) in [6.45, 7) is 3.98. The Balaban J connectivity index is 2.26. The molecular formula is C18H17F2NO4. The molecule has 7 heteroatoms. The molecule has 2 rings (SSSR count). The average Bonchev–Trinajstić information content (AvgIpc) is 2.59. The van der Waals surface area contributed by atoms with Gasteiger partial charge in [0.1, 0.15) is 5.75 Å². The summed E-state index contributed by atoms with van der Waals surface area (Å²) in [7, 11) is 0. The fourth-order valence-electron chi connectivity index (χ4n) is 2.07. The number of hydrogen-bond donors (Lipinski definition) is 1. The Bertz CT molecular complexity index is 793. The molecule has 25 heavy (non-hydrogen) atoms. The lowest BCUT2D eigenvalue weighted by atomic mass is 10.1. The van der Waals surface area contributed by atoms with E-state index in [1.54, 1.807) is 13.8 Å². The van der Waals surface area contributed by atoms with Crippen LogP contribution in [-0.4, -0.2) is 25.1 Å². The number of rotatable bonds is 6. The molecule has 5 nitrogen and oxygen atoms in total. The zero-order valence-electron chi connectivity index (χ0n) is 13.8. The van der Waals surface area contributed by atoms with Gasteiger partial charge in [0.15, 0.2) is 11.6 Å². The Morgan fingerprint density at radius 3 is 2.32 bits per heavy atom. The van der Waals surface area contributed by atoms with Crippen LogP contribution in [0.5, 0.6) is 5.75 Å². The van der Waals surface area contributed by atoms with Crippen molar-refractivity contribution in [2.24, 2.45) is 0 Å². The molecule has 0 saturated carbocycles. The van der Waals surface area contributed by atoms with Gasteiger partial charge in [0, 0.05) is 5.56 Å². The van der Waals surface area contributed by atoms with Crippen LogP contribution in [0.4, 0.5) is 14.5 Å². The number of hydrogen-bond acceptors (Lipinski definition) is 4. The first-order chi connectivity index (χ1) is 12.0. The molecule has 0 spiro atoms. The second-order valence-corrected chi connectivity index (χ2v) is 4.95. The standard InChI is InChI=1S/C18H17F2NO4/c1-3-24-16-10-12(18(23)25-4-2)6-8-15(16)21-17(22)11-5-7-13(19)14(20)9-11/h5-10H,3-4H2,1-2H3,(H,21,22). The average molecular weight is 349 g/mol. The number of amides is 1. The normalized spacial score (nSPS) is 10.2. The molecular weight excluding hydrogens is 332 g/mol. The summed E-state index contributed by atoms with van der Waals surface area (Å²) >= 11 is 0. The Hall–Kier alpha value is -2.96. The largest absolute Gasteiger partial charge is 0.492 e.